The molecule has 1 heterocycles. The third-order valence-corrected chi connectivity index (χ3v) is 2.57. The van der Waals surface area contributed by atoms with Crippen LogP contribution in [0.15, 0.2) is 9.68 Å². The molecular formula is C10H16N4O3. The number of hydrogen-bond acceptors (Lipinski definition) is 5. The average molecular weight is 240 g/mol. The van der Waals surface area contributed by atoms with Gasteiger partial charge in [0.15, 0.2) is 5.84 Å². The third-order valence-electron chi connectivity index (χ3n) is 2.57. The van der Waals surface area contributed by atoms with Gasteiger partial charge in [0.2, 0.25) is 5.91 Å². The molecule has 17 heavy (non-hydrogen) atoms. The fourth-order valence-corrected chi connectivity index (χ4v) is 1.30. The minimum absolute atomic E-state index is 0.124. The van der Waals surface area contributed by atoms with Gasteiger partial charge >= 0.3 is 0 Å². The van der Waals surface area contributed by atoms with E-state index in [9.17, 15) is 4.79 Å². The highest BCUT2D eigenvalue weighted by Crippen LogP contribution is 2.11. The molecule has 7 nitrogen and oxygen atoms in total. The minimum atomic E-state index is -0.680. The standard InChI is InChI=1S/C10H16N4O3/c1-5(9(11)13-16)10(15)12-4-8-6(2)14-17-7(8)3/h5,16H,4H2,1-3H3,(H2,11,13)(H,12,15). The molecule has 0 aliphatic carbocycles. The lowest BCUT2D eigenvalue weighted by atomic mass is 10.1. The molecule has 0 saturated heterocycles. The maximum Gasteiger partial charge on any atom is 0.230 e. The summed E-state index contributed by atoms with van der Waals surface area (Å²) in [6, 6.07) is 0. The number of rotatable bonds is 4. The first-order chi connectivity index (χ1) is 7.97. The Morgan fingerprint density at radius 2 is 2.29 bits per heavy atom. The fourth-order valence-electron chi connectivity index (χ4n) is 1.30. The number of nitrogens with zero attached hydrogens (tertiary/aromatic N) is 2. The second-order valence-corrected chi connectivity index (χ2v) is 3.77. The summed E-state index contributed by atoms with van der Waals surface area (Å²) in [5.74, 6) is -0.457. The van der Waals surface area contributed by atoms with E-state index < -0.39 is 5.92 Å². The van der Waals surface area contributed by atoms with E-state index in [1.807, 2.05) is 0 Å². The van der Waals surface area contributed by atoms with Gasteiger partial charge in [-0.3, -0.25) is 4.79 Å². The SMILES string of the molecule is Cc1noc(C)c1CNC(=O)C(C)C(N)=NO. The molecule has 1 amide bonds. The van der Waals surface area contributed by atoms with Gasteiger partial charge in [0.05, 0.1) is 11.6 Å². The smallest absolute Gasteiger partial charge is 0.230 e. The highest BCUT2D eigenvalue weighted by molar-refractivity contribution is 6.01. The van der Waals surface area contributed by atoms with Crippen LogP contribution in [0, 0.1) is 19.8 Å². The summed E-state index contributed by atoms with van der Waals surface area (Å²) in [5, 5.41) is 17.7. The molecule has 0 aliphatic heterocycles. The van der Waals surface area contributed by atoms with E-state index in [1.165, 1.54) is 0 Å². The van der Waals surface area contributed by atoms with Crippen molar-refractivity contribution in [2.75, 3.05) is 0 Å². The Balaban J connectivity index is 2.60. The first kappa shape index (κ1) is 13.0. The fraction of sp³-hybridized carbons (Fsp3) is 0.500. The van der Waals surface area contributed by atoms with Gasteiger partial charge in [-0.1, -0.05) is 10.3 Å². The monoisotopic (exact) mass is 240 g/mol. The summed E-state index contributed by atoms with van der Waals surface area (Å²) in [6.45, 7) is 5.43. The number of nitrogens with two attached hydrogens (primary N) is 1. The maximum atomic E-state index is 11.6. The Morgan fingerprint density at radius 3 is 2.76 bits per heavy atom. The number of aryl methyl sites for hydroxylation is 2. The minimum Gasteiger partial charge on any atom is -0.409 e. The molecule has 0 radical (unpaired) electrons. The molecule has 0 saturated carbocycles. The summed E-state index contributed by atoms with van der Waals surface area (Å²) >= 11 is 0. The van der Waals surface area contributed by atoms with Gasteiger partial charge in [-0.15, -0.1) is 0 Å². The maximum absolute atomic E-state index is 11.6. The first-order valence-electron chi connectivity index (χ1n) is 5.14. The largest absolute Gasteiger partial charge is 0.409 e. The number of hydrogen-bond donors (Lipinski definition) is 3. The third kappa shape index (κ3) is 2.96. The van der Waals surface area contributed by atoms with Crippen LogP contribution in [-0.2, 0) is 11.3 Å². The molecule has 1 aromatic heterocycles. The number of nitrogens with one attached hydrogen (secondary N) is 1. The van der Waals surface area contributed by atoms with E-state index in [0.717, 1.165) is 11.3 Å². The van der Waals surface area contributed by atoms with Gasteiger partial charge < -0.3 is 20.8 Å². The zero-order valence-electron chi connectivity index (χ0n) is 10.0. The van der Waals surface area contributed by atoms with Crippen molar-refractivity contribution in [3.8, 4) is 0 Å². The summed E-state index contributed by atoms with van der Waals surface area (Å²) in [6.07, 6.45) is 0. The van der Waals surface area contributed by atoms with Crippen LogP contribution in [0.25, 0.3) is 0 Å². The van der Waals surface area contributed by atoms with Crippen LogP contribution < -0.4 is 11.1 Å². The molecule has 0 aromatic carbocycles. The number of amidine groups is 1. The number of amides is 1. The Hall–Kier alpha value is -2.05. The van der Waals surface area contributed by atoms with E-state index in [2.05, 4.69) is 15.6 Å². The van der Waals surface area contributed by atoms with Gasteiger partial charge in [-0.25, -0.2) is 0 Å². The van der Waals surface area contributed by atoms with E-state index in [1.54, 1.807) is 20.8 Å². The van der Waals surface area contributed by atoms with Crippen LogP contribution in [-0.4, -0.2) is 22.1 Å². The first-order valence-corrected chi connectivity index (χ1v) is 5.14. The van der Waals surface area contributed by atoms with E-state index in [-0.39, 0.29) is 11.7 Å². The van der Waals surface area contributed by atoms with Crippen molar-refractivity contribution >= 4 is 11.7 Å². The zero-order valence-corrected chi connectivity index (χ0v) is 10.0. The lowest BCUT2D eigenvalue weighted by Crippen LogP contribution is -2.36. The molecule has 1 atom stereocenters. The topological polar surface area (TPSA) is 114 Å². The average Bonchev–Trinajstić information content (AvgIpc) is 2.64. The molecule has 1 rings (SSSR count). The van der Waals surface area contributed by atoms with Crippen LogP contribution in [0.2, 0.25) is 0 Å². The Morgan fingerprint density at radius 1 is 1.65 bits per heavy atom. The van der Waals surface area contributed by atoms with Crippen molar-refractivity contribution < 1.29 is 14.5 Å². The normalized spacial score (nSPS) is 13.5. The van der Waals surface area contributed by atoms with Gasteiger partial charge in [0.1, 0.15) is 5.76 Å². The van der Waals surface area contributed by atoms with Gasteiger partial charge in [-0.2, -0.15) is 0 Å². The lowest BCUT2D eigenvalue weighted by Gasteiger charge is -2.10. The van der Waals surface area contributed by atoms with Gasteiger partial charge in [0.25, 0.3) is 0 Å². The second kappa shape index (κ2) is 5.33. The highest BCUT2D eigenvalue weighted by Gasteiger charge is 2.18. The second-order valence-electron chi connectivity index (χ2n) is 3.77. The molecule has 1 aromatic rings. The Labute approximate surface area is 98.6 Å². The molecular weight excluding hydrogens is 224 g/mol. The van der Waals surface area contributed by atoms with Crippen LogP contribution in [0.1, 0.15) is 23.9 Å². The van der Waals surface area contributed by atoms with E-state index in [4.69, 9.17) is 15.5 Å². The number of aromatic nitrogens is 1. The van der Waals surface area contributed by atoms with Gasteiger partial charge in [0, 0.05) is 12.1 Å². The molecule has 7 heteroatoms. The van der Waals surface area contributed by atoms with Gasteiger partial charge in [-0.05, 0) is 20.8 Å². The molecule has 0 spiro atoms. The molecule has 1 unspecified atom stereocenters. The van der Waals surface area contributed by atoms with Crippen molar-refractivity contribution in [2.45, 2.75) is 27.3 Å². The molecule has 0 aliphatic rings. The predicted molar refractivity (Wildman–Crippen MR) is 60.4 cm³/mol. The lowest BCUT2D eigenvalue weighted by molar-refractivity contribution is -0.122. The summed E-state index contributed by atoms with van der Waals surface area (Å²) in [7, 11) is 0. The van der Waals surface area contributed by atoms with Crippen molar-refractivity contribution in [1.82, 2.24) is 10.5 Å². The van der Waals surface area contributed by atoms with Crippen molar-refractivity contribution in [2.24, 2.45) is 16.8 Å². The number of carbonyl (C=O) groups is 1. The van der Waals surface area contributed by atoms with E-state index in [0.29, 0.717) is 12.3 Å². The number of carbonyl (C=O) groups excluding carboxylic acids is 1. The summed E-state index contributed by atoms with van der Waals surface area (Å²) in [4.78, 5) is 11.6. The highest BCUT2D eigenvalue weighted by atomic mass is 16.5. The summed E-state index contributed by atoms with van der Waals surface area (Å²) in [5.41, 5.74) is 6.91. The molecule has 94 valence electrons. The van der Waals surface area contributed by atoms with E-state index >= 15 is 0 Å². The van der Waals surface area contributed by atoms with Crippen LogP contribution in [0.3, 0.4) is 0 Å². The molecule has 0 fully saturated rings. The molecule has 4 N–H and O–H groups in total. The number of oxime groups is 1. The predicted octanol–water partition coefficient (Wildman–Crippen LogP) is 0.290. The van der Waals surface area contributed by atoms with Crippen molar-refractivity contribution in [3.05, 3.63) is 17.0 Å². The summed E-state index contributed by atoms with van der Waals surface area (Å²) < 4.78 is 4.97. The quantitative estimate of drug-likeness (QED) is 0.303. The zero-order chi connectivity index (χ0) is 13.0. The van der Waals surface area contributed by atoms with Crippen molar-refractivity contribution in [1.29, 1.82) is 0 Å². The van der Waals surface area contributed by atoms with Crippen LogP contribution in [0.5, 0.6) is 0 Å². The Kier molecular flexibility index (Phi) is 4.08. The van der Waals surface area contributed by atoms with Crippen molar-refractivity contribution in [3.63, 3.8) is 0 Å². The molecule has 0 bridgehead atoms. The Bertz CT molecular complexity index is 419. The van der Waals surface area contributed by atoms with Crippen LogP contribution in [0.4, 0.5) is 0 Å². The van der Waals surface area contributed by atoms with Crippen LogP contribution >= 0.6 is 0 Å².